The van der Waals surface area contributed by atoms with Gasteiger partial charge in [-0.3, -0.25) is 10.1 Å². The van der Waals surface area contributed by atoms with Crippen molar-refractivity contribution in [2.24, 2.45) is 0 Å². The molecular formula is C15H20ClNO4. The molecule has 116 valence electrons. The lowest BCUT2D eigenvalue weighted by Gasteiger charge is -2.21. The minimum Gasteiger partial charge on any atom is -0.469 e. The summed E-state index contributed by atoms with van der Waals surface area (Å²) in [4.78, 5) is 23.2. The van der Waals surface area contributed by atoms with Crippen LogP contribution in [0.3, 0.4) is 0 Å². The van der Waals surface area contributed by atoms with Crippen LogP contribution < -0.4 is 5.32 Å². The molecule has 1 aromatic carbocycles. The number of carbonyl (C=O) groups excluding carboxylic acids is 2. The summed E-state index contributed by atoms with van der Waals surface area (Å²) in [5.41, 5.74) is 1.28. The van der Waals surface area contributed by atoms with Crippen LogP contribution in [-0.2, 0) is 20.7 Å². The predicted octanol–water partition coefficient (Wildman–Crippen LogP) is 3.71. The van der Waals surface area contributed by atoms with E-state index in [2.05, 4.69) is 10.1 Å². The zero-order valence-corrected chi connectivity index (χ0v) is 13.6. The fourth-order valence-electron chi connectivity index (χ4n) is 1.70. The van der Waals surface area contributed by atoms with Gasteiger partial charge in [-0.1, -0.05) is 17.7 Å². The lowest BCUT2D eigenvalue weighted by molar-refractivity contribution is -0.139. The average molecular weight is 314 g/mol. The van der Waals surface area contributed by atoms with Crippen LogP contribution in [0.15, 0.2) is 12.1 Å². The predicted molar refractivity (Wildman–Crippen MR) is 81.8 cm³/mol. The van der Waals surface area contributed by atoms with E-state index in [1.54, 1.807) is 39.8 Å². The van der Waals surface area contributed by atoms with Gasteiger partial charge in [-0.15, -0.1) is 0 Å². The van der Waals surface area contributed by atoms with Gasteiger partial charge >= 0.3 is 12.1 Å². The third kappa shape index (κ3) is 5.27. The zero-order valence-electron chi connectivity index (χ0n) is 12.9. The molecule has 0 radical (unpaired) electrons. The molecule has 21 heavy (non-hydrogen) atoms. The molecule has 1 rings (SSSR count). The lowest BCUT2D eigenvalue weighted by atomic mass is 10.0. The topological polar surface area (TPSA) is 64.6 Å². The third-order valence-electron chi connectivity index (χ3n) is 2.71. The Morgan fingerprint density at radius 2 is 1.90 bits per heavy atom. The minimum atomic E-state index is -0.603. The molecule has 1 N–H and O–H groups in total. The lowest BCUT2D eigenvalue weighted by Crippen LogP contribution is -2.27. The Hall–Kier alpha value is -1.75. The van der Waals surface area contributed by atoms with Crippen LogP contribution in [0.1, 0.15) is 31.9 Å². The Balaban J connectivity index is 2.99. The number of carbonyl (C=O) groups is 2. The summed E-state index contributed by atoms with van der Waals surface area (Å²) in [6.45, 7) is 7.09. The number of esters is 1. The minimum absolute atomic E-state index is 0.114. The van der Waals surface area contributed by atoms with Crippen LogP contribution in [0.2, 0.25) is 5.02 Å². The Bertz CT molecular complexity index is 549. The Morgan fingerprint density at radius 3 is 2.43 bits per heavy atom. The van der Waals surface area contributed by atoms with Crippen LogP contribution in [0, 0.1) is 6.92 Å². The molecule has 0 spiro atoms. The van der Waals surface area contributed by atoms with Gasteiger partial charge in [0, 0.05) is 0 Å². The fraction of sp³-hybridized carbons (Fsp3) is 0.467. The van der Waals surface area contributed by atoms with E-state index in [1.165, 1.54) is 7.11 Å². The molecule has 1 amide bonds. The highest BCUT2D eigenvalue weighted by Gasteiger charge is 2.19. The van der Waals surface area contributed by atoms with Crippen LogP contribution in [-0.4, -0.2) is 24.8 Å². The maximum Gasteiger partial charge on any atom is 0.412 e. The highest BCUT2D eigenvalue weighted by molar-refractivity contribution is 6.33. The van der Waals surface area contributed by atoms with Gasteiger partial charge in [0.25, 0.3) is 0 Å². The zero-order chi connectivity index (χ0) is 16.2. The van der Waals surface area contributed by atoms with Crippen LogP contribution >= 0.6 is 11.6 Å². The summed E-state index contributed by atoms with van der Waals surface area (Å²) >= 11 is 6.10. The quantitative estimate of drug-likeness (QED) is 0.864. The largest absolute Gasteiger partial charge is 0.469 e. The average Bonchev–Trinajstić information content (AvgIpc) is 2.35. The first-order valence-electron chi connectivity index (χ1n) is 6.49. The highest BCUT2D eigenvalue weighted by Crippen LogP contribution is 2.29. The third-order valence-corrected chi connectivity index (χ3v) is 3.03. The van der Waals surface area contributed by atoms with E-state index >= 15 is 0 Å². The van der Waals surface area contributed by atoms with E-state index in [9.17, 15) is 9.59 Å². The summed E-state index contributed by atoms with van der Waals surface area (Å²) in [7, 11) is 1.33. The second kappa shape index (κ2) is 6.80. The summed E-state index contributed by atoms with van der Waals surface area (Å²) < 4.78 is 9.84. The fourth-order valence-corrected chi connectivity index (χ4v) is 1.95. The van der Waals surface area contributed by atoms with Gasteiger partial charge in [0.1, 0.15) is 5.60 Å². The van der Waals surface area contributed by atoms with Crippen molar-refractivity contribution in [3.63, 3.8) is 0 Å². The number of rotatable bonds is 3. The number of anilines is 1. The molecule has 0 aliphatic rings. The van der Waals surface area contributed by atoms with Crippen molar-refractivity contribution >= 4 is 29.4 Å². The van der Waals surface area contributed by atoms with E-state index in [0.717, 1.165) is 5.56 Å². The van der Waals surface area contributed by atoms with Crippen LogP contribution in [0.4, 0.5) is 10.5 Å². The van der Waals surface area contributed by atoms with E-state index in [-0.39, 0.29) is 12.4 Å². The highest BCUT2D eigenvalue weighted by atomic mass is 35.5. The van der Waals surface area contributed by atoms with Crippen LogP contribution in [0.25, 0.3) is 0 Å². The number of hydrogen-bond donors (Lipinski definition) is 1. The first kappa shape index (κ1) is 17.3. The number of halogens is 1. The van der Waals surface area contributed by atoms with Gasteiger partial charge in [-0.2, -0.15) is 0 Å². The second-order valence-electron chi connectivity index (χ2n) is 5.59. The van der Waals surface area contributed by atoms with Gasteiger partial charge in [-0.25, -0.2) is 4.79 Å². The number of ether oxygens (including phenoxy) is 2. The molecule has 0 fully saturated rings. The number of methoxy groups -OCH3 is 1. The molecule has 6 heteroatoms. The molecule has 0 saturated carbocycles. The number of hydrogen-bond acceptors (Lipinski definition) is 4. The molecule has 0 heterocycles. The Kier molecular flexibility index (Phi) is 5.61. The normalized spacial score (nSPS) is 11.0. The monoisotopic (exact) mass is 313 g/mol. The molecule has 0 atom stereocenters. The molecular weight excluding hydrogens is 294 g/mol. The SMILES string of the molecule is COC(=O)Cc1ccc(Cl)c(NC(=O)OC(C)(C)C)c1C. The van der Waals surface area contributed by atoms with Gasteiger partial charge in [-0.05, 0) is 44.9 Å². The van der Waals surface area contributed by atoms with E-state index < -0.39 is 11.7 Å². The van der Waals surface area contributed by atoms with Gasteiger partial charge in [0.05, 0.1) is 24.2 Å². The molecule has 0 bridgehead atoms. The van der Waals surface area contributed by atoms with Crippen molar-refractivity contribution in [1.82, 2.24) is 0 Å². The number of benzene rings is 1. The standard InChI is InChI=1S/C15H20ClNO4/c1-9-10(8-12(18)20-5)6-7-11(16)13(9)17-14(19)21-15(2,3)4/h6-7H,8H2,1-5H3,(H,17,19). The van der Waals surface area contributed by atoms with Crippen molar-refractivity contribution in [2.45, 2.75) is 39.7 Å². The van der Waals surface area contributed by atoms with E-state index in [4.69, 9.17) is 16.3 Å². The summed E-state index contributed by atoms with van der Waals surface area (Å²) in [6.07, 6.45) is -0.481. The van der Waals surface area contributed by atoms with Gasteiger partial charge in [0.2, 0.25) is 0 Å². The van der Waals surface area contributed by atoms with Crippen LogP contribution in [0.5, 0.6) is 0 Å². The molecule has 1 aromatic rings. The van der Waals surface area contributed by atoms with Crippen molar-refractivity contribution in [3.05, 3.63) is 28.3 Å². The number of nitrogens with one attached hydrogen (secondary N) is 1. The first-order chi connectivity index (χ1) is 9.64. The first-order valence-corrected chi connectivity index (χ1v) is 6.86. The maximum absolute atomic E-state index is 11.8. The van der Waals surface area contributed by atoms with Crippen molar-refractivity contribution in [2.75, 3.05) is 12.4 Å². The summed E-state index contributed by atoms with van der Waals surface area (Å²) in [5.74, 6) is -0.358. The smallest absolute Gasteiger partial charge is 0.412 e. The van der Waals surface area contributed by atoms with Crippen molar-refractivity contribution in [1.29, 1.82) is 0 Å². The second-order valence-corrected chi connectivity index (χ2v) is 5.99. The van der Waals surface area contributed by atoms with E-state index in [0.29, 0.717) is 16.3 Å². The van der Waals surface area contributed by atoms with Gasteiger partial charge < -0.3 is 9.47 Å². The maximum atomic E-state index is 11.8. The Labute approximate surface area is 129 Å². The molecule has 0 aromatic heterocycles. The van der Waals surface area contributed by atoms with Crippen molar-refractivity contribution in [3.8, 4) is 0 Å². The summed E-state index contributed by atoms with van der Waals surface area (Å²) in [5, 5.41) is 3.00. The molecule has 0 aliphatic carbocycles. The van der Waals surface area contributed by atoms with Gasteiger partial charge in [0.15, 0.2) is 0 Å². The summed E-state index contributed by atoms with van der Waals surface area (Å²) in [6, 6.07) is 3.36. The van der Waals surface area contributed by atoms with Crippen molar-refractivity contribution < 1.29 is 19.1 Å². The Morgan fingerprint density at radius 1 is 1.29 bits per heavy atom. The molecule has 0 unspecified atom stereocenters. The van der Waals surface area contributed by atoms with E-state index in [1.807, 2.05) is 0 Å². The number of amides is 1. The molecule has 0 aliphatic heterocycles. The molecule has 0 saturated heterocycles. The molecule has 5 nitrogen and oxygen atoms in total.